The fraction of sp³-hybridized carbons (Fsp3) is 0.0667. The summed E-state index contributed by atoms with van der Waals surface area (Å²) in [5.74, 6) is -1.61. The average molecular weight is 443 g/mol. The van der Waals surface area contributed by atoms with E-state index in [4.69, 9.17) is 5.11 Å². The molecule has 7 nitrogen and oxygen atoms in total. The highest BCUT2D eigenvalue weighted by molar-refractivity contribution is 9.11. The topological polar surface area (TPSA) is 113 Å². The van der Waals surface area contributed by atoms with E-state index in [9.17, 15) is 18.0 Å². The van der Waals surface area contributed by atoms with Gasteiger partial charge in [-0.1, -0.05) is 0 Å². The van der Waals surface area contributed by atoms with Crippen LogP contribution < -0.4 is 10.0 Å². The largest absolute Gasteiger partial charge is 0.480 e. The Hall–Kier alpha value is -2.01. The Labute approximate surface area is 155 Å². The minimum atomic E-state index is -3.99. The van der Waals surface area contributed by atoms with Crippen LogP contribution in [0, 0.1) is 0 Å². The normalized spacial score (nSPS) is 15.2. The molecule has 0 spiro atoms. The van der Waals surface area contributed by atoms with Crippen LogP contribution in [0.1, 0.15) is 10.4 Å². The first-order valence-corrected chi connectivity index (χ1v) is 10.00. The third kappa shape index (κ3) is 3.82. The summed E-state index contributed by atoms with van der Waals surface area (Å²) >= 11 is 4.78. The predicted molar refractivity (Wildman–Crippen MR) is 97.8 cm³/mol. The summed E-state index contributed by atoms with van der Waals surface area (Å²) in [4.78, 5) is 23.5. The molecule has 2 heterocycles. The number of nitrogens with one attached hydrogen (secondary N) is 2. The van der Waals surface area contributed by atoms with Gasteiger partial charge in [-0.2, -0.15) is 4.72 Å². The predicted octanol–water partition coefficient (Wildman–Crippen LogP) is 2.37. The van der Waals surface area contributed by atoms with Crippen molar-refractivity contribution in [3.05, 3.63) is 44.6 Å². The molecule has 1 amide bonds. The second-order valence-corrected chi connectivity index (χ2v) is 9.34. The van der Waals surface area contributed by atoms with Crippen molar-refractivity contribution < 1.29 is 23.1 Å². The molecule has 25 heavy (non-hydrogen) atoms. The number of carbonyl (C=O) groups is 2. The van der Waals surface area contributed by atoms with Crippen LogP contribution in [0.2, 0.25) is 0 Å². The van der Waals surface area contributed by atoms with Crippen molar-refractivity contribution >= 4 is 66.5 Å². The molecule has 1 aromatic heterocycles. The Morgan fingerprint density at radius 1 is 1.32 bits per heavy atom. The minimum Gasteiger partial charge on any atom is -0.480 e. The number of aliphatic carboxylic acids is 1. The average Bonchev–Trinajstić information content (AvgIpc) is 3.09. The number of sulfonamides is 1. The van der Waals surface area contributed by atoms with Gasteiger partial charge >= 0.3 is 5.97 Å². The second-order valence-electron chi connectivity index (χ2n) is 5.08. The van der Waals surface area contributed by atoms with Crippen molar-refractivity contribution in [3.8, 4) is 0 Å². The molecule has 0 aliphatic carbocycles. The Balaban J connectivity index is 2.00. The Morgan fingerprint density at radius 3 is 2.72 bits per heavy atom. The molecule has 2 aromatic rings. The van der Waals surface area contributed by atoms with Gasteiger partial charge in [0.25, 0.3) is 5.91 Å². The number of amides is 1. The third-order valence-electron chi connectivity index (χ3n) is 3.38. The lowest BCUT2D eigenvalue weighted by Crippen LogP contribution is -2.29. The summed E-state index contributed by atoms with van der Waals surface area (Å²) in [6, 6.07) is 7.83. The van der Waals surface area contributed by atoms with Gasteiger partial charge in [0.1, 0.15) is 6.54 Å². The van der Waals surface area contributed by atoms with Gasteiger partial charge in [-0.15, -0.1) is 11.3 Å². The lowest BCUT2D eigenvalue weighted by atomic mass is 10.1. The van der Waals surface area contributed by atoms with Crippen LogP contribution in [0.4, 0.5) is 5.69 Å². The lowest BCUT2D eigenvalue weighted by Gasteiger charge is -2.06. The summed E-state index contributed by atoms with van der Waals surface area (Å²) < 4.78 is 27.3. The summed E-state index contributed by atoms with van der Waals surface area (Å²) in [7, 11) is -3.99. The number of anilines is 1. The number of rotatable bonds is 5. The number of halogens is 1. The first-order valence-electron chi connectivity index (χ1n) is 6.90. The van der Waals surface area contributed by atoms with Crippen LogP contribution >= 0.6 is 27.3 Å². The fourth-order valence-electron chi connectivity index (χ4n) is 2.27. The third-order valence-corrected chi connectivity index (χ3v) is 6.35. The van der Waals surface area contributed by atoms with Gasteiger partial charge in [0.2, 0.25) is 10.0 Å². The van der Waals surface area contributed by atoms with Crippen LogP contribution in [0.25, 0.3) is 11.6 Å². The molecule has 0 radical (unpaired) electrons. The number of carboxylic acid groups (broad SMARTS) is 1. The van der Waals surface area contributed by atoms with E-state index in [0.717, 1.165) is 8.66 Å². The van der Waals surface area contributed by atoms with Gasteiger partial charge in [0.15, 0.2) is 0 Å². The molecular weight excluding hydrogens is 432 g/mol. The molecule has 0 saturated carbocycles. The van der Waals surface area contributed by atoms with Crippen LogP contribution in [-0.4, -0.2) is 31.9 Å². The summed E-state index contributed by atoms with van der Waals surface area (Å²) in [5.41, 5.74) is 1.30. The lowest BCUT2D eigenvalue weighted by molar-refractivity contribution is -0.135. The molecule has 1 aliphatic heterocycles. The molecule has 0 fully saturated rings. The monoisotopic (exact) mass is 442 g/mol. The first-order chi connectivity index (χ1) is 11.8. The molecule has 0 bridgehead atoms. The van der Waals surface area contributed by atoms with Crippen LogP contribution in [-0.2, 0) is 19.6 Å². The number of carbonyl (C=O) groups excluding carboxylic acids is 1. The zero-order chi connectivity index (χ0) is 18.2. The molecule has 10 heteroatoms. The van der Waals surface area contributed by atoms with E-state index in [1.54, 1.807) is 6.08 Å². The number of fused-ring (bicyclic) bond motifs is 1. The molecular formula is C15H11BrN2O5S2. The van der Waals surface area contributed by atoms with Gasteiger partial charge < -0.3 is 10.4 Å². The van der Waals surface area contributed by atoms with Crippen molar-refractivity contribution in [1.29, 1.82) is 0 Å². The number of benzene rings is 1. The van der Waals surface area contributed by atoms with Gasteiger partial charge in [-0.05, 0) is 52.3 Å². The summed E-state index contributed by atoms with van der Waals surface area (Å²) in [6.45, 7) is -0.720. The van der Waals surface area contributed by atoms with E-state index in [0.29, 0.717) is 16.8 Å². The van der Waals surface area contributed by atoms with Crippen molar-refractivity contribution in [3.63, 3.8) is 0 Å². The smallest absolute Gasteiger partial charge is 0.318 e. The number of hydrogen-bond acceptors (Lipinski definition) is 5. The van der Waals surface area contributed by atoms with E-state index >= 15 is 0 Å². The van der Waals surface area contributed by atoms with Gasteiger partial charge in [-0.3, -0.25) is 9.59 Å². The highest BCUT2D eigenvalue weighted by atomic mass is 79.9. The fourth-order valence-corrected chi connectivity index (χ4v) is 4.63. The maximum atomic E-state index is 12.2. The standard InChI is InChI=1S/C15H11BrN2O5S2/c16-13-4-1-8(24-13)5-11-10-6-9(2-3-12(10)18-15(11)21)25(22,23)17-7-14(19)20/h1-6,17H,7H2,(H,18,21)(H,19,20). The Morgan fingerprint density at radius 2 is 2.08 bits per heavy atom. The van der Waals surface area contributed by atoms with Gasteiger partial charge in [0.05, 0.1) is 14.3 Å². The molecule has 0 unspecified atom stereocenters. The molecule has 1 aromatic carbocycles. The van der Waals surface area contributed by atoms with Crippen molar-refractivity contribution in [2.45, 2.75) is 4.90 Å². The Bertz CT molecular complexity index is 1010. The molecule has 0 atom stereocenters. The maximum absolute atomic E-state index is 12.2. The number of thiophene rings is 1. The van der Waals surface area contributed by atoms with Crippen LogP contribution in [0.3, 0.4) is 0 Å². The molecule has 1 aliphatic rings. The van der Waals surface area contributed by atoms with Crippen LogP contribution in [0.15, 0.2) is 39.0 Å². The minimum absolute atomic E-state index is 0.109. The number of carboxylic acids is 1. The molecule has 130 valence electrons. The number of hydrogen-bond donors (Lipinski definition) is 3. The zero-order valence-corrected chi connectivity index (χ0v) is 15.7. The van der Waals surface area contributed by atoms with Gasteiger partial charge in [0, 0.05) is 16.1 Å². The first kappa shape index (κ1) is 17.8. The van der Waals surface area contributed by atoms with Crippen molar-refractivity contribution in [1.82, 2.24) is 4.72 Å². The van der Waals surface area contributed by atoms with Crippen molar-refractivity contribution in [2.75, 3.05) is 11.9 Å². The zero-order valence-electron chi connectivity index (χ0n) is 12.4. The maximum Gasteiger partial charge on any atom is 0.318 e. The molecule has 3 N–H and O–H groups in total. The highest BCUT2D eigenvalue weighted by Gasteiger charge is 2.27. The summed E-state index contributed by atoms with van der Waals surface area (Å²) in [5, 5.41) is 11.3. The second kappa shape index (κ2) is 6.71. The van der Waals surface area contributed by atoms with Gasteiger partial charge in [-0.25, -0.2) is 8.42 Å². The summed E-state index contributed by atoms with van der Waals surface area (Å²) in [6.07, 6.45) is 1.68. The Kier molecular flexibility index (Phi) is 4.78. The quantitative estimate of drug-likeness (QED) is 0.615. The van der Waals surface area contributed by atoms with E-state index in [-0.39, 0.29) is 10.8 Å². The molecule has 0 saturated heterocycles. The highest BCUT2D eigenvalue weighted by Crippen LogP contribution is 2.36. The van der Waals surface area contributed by atoms with Crippen molar-refractivity contribution in [2.24, 2.45) is 0 Å². The SMILES string of the molecule is O=C(O)CNS(=O)(=O)c1ccc2c(c1)C(=Cc1ccc(Br)s1)C(=O)N2. The van der Waals surface area contributed by atoms with E-state index in [1.807, 2.05) is 16.9 Å². The van der Waals surface area contributed by atoms with E-state index < -0.39 is 22.5 Å². The van der Waals surface area contributed by atoms with E-state index in [2.05, 4.69) is 21.2 Å². The molecule has 3 rings (SSSR count). The van der Waals surface area contributed by atoms with Crippen LogP contribution in [0.5, 0.6) is 0 Å². The van der Waals surface area contributed by atoms with E-state index in [1.165, 1.54) is 29.5 Å².